The van der Waals surface area contributed by atoms with Crippen molar-refractivity contribution < 1.29 is 14.3 Å². The van der Waals surface area contributed by atoms with Crippen LogP contribution in [0.4, 0.5) is 4.79 Å². The second kappa shape index (κ2) is 6.95. The number of ether oxygens (including phenoxy) is 1. The van der Waals surface area contributed by atoms with Crippen LogP contribution in [0.3, 0.4) is 0 Å². The molecule has 1 fully saturated rings. The molecule has 0 spiro atoms. The Hall–Kier alpha value is -1.26. The van der Waals surface area contributed by atoms with Crippen LogP contribution in [0, 0.1) is 5.92 Å². The van der Waals surface area contributed by atoms with Crippen LogP contribution >= 0.6 is 0 Å². The third-order valence-electron chi connectivity index (χ3n) is 3.70. The topological polar surface area (TPSA) is 58.6 Å². The van der Waals surface area contributed by atoms with Gasteiger partial charge in [-0.15, -0.1) is 0 Å². The Labute approximate surface area is 122 Å². The largest absolute Gasteiger partial charge is 0.444 e. The molecule has 0 aliphatic carbocycles. The molecule has 0 aromatic rings. The zero-order valence-electron chi connectivity index (χ0n) is 13.4. The Morgan fingerprint density at radius 1 is 1.30 bits per heavy atom. The van der Waals surface area contributed by atoms with Crippen molar-refractivity contribution in [3.63, 3.8) is 0 Å². The van der Waals surface area contributed by atoms with Crippen LogP contribution in [-0.4, -0.2) is 41.6 Å². The maximum atomic E-state index is 12.2. The Kier molecular flexibility index (Phi) is 5.84. The predicted molar refractivity (Wildman–Crippen MR) is 78.4 cm³/mol. The SMILES string of the molecule is CC1CCCN(C(=O)CCNC(=O)OC(C)(C)C)C1C. The minimum atomic E-state index is -0.509. The van der Waals surface area contributed by atoms with Gasteiger partial charge in [-0.1, -0.05) is 6.92 Å². The zero-order chi connectivity index (χ0) is 15.3. The summed E-state index contributed by atoms with van der Waals surface area (Å²) >= 11 is 0. The second-order valence-corrected chi connectivity index (χ2v) is 6.63. The molecule has 0 radical (unpaired) electrons. The molecule has 0 bridgehead atoms. The second-order valence-electron chi connectivity index (χ2n) is 6.63. The van der Waals surface area contributed by atoms with Crippen molar-refractivity contribution in [2.45, 2.75) is 65.5 Å². The number of rotatable bonds is 3. The van der Waals surface area contributed by atoms with E-state index in [2.05, 4.69) is 19.2 Å². The van der Waals surface area contributed by atoms with Crippen LogP contribution in [0.2, 0.25) is 0 Å². The number of hydrogen-bond acceptors (Lipinski definition) is 3. The maximum absolute atomic E-state index is 12.2. The van der Waals surface area contributed by atoms with Crippen LogP contribution in [0.25, 0.3) is 0 Å². The number of hydrogen-bond donors (Lipinski definition) is 1. The molecule has 2 atom stereocenters. The third kappa shape index (κ3) is 5.39. The van der Waals surface area contributed by atoms with Crippen molar-refractivity contribution in [3.05, 3.63) is 0 Å². The minimum Gasteiger partial charge on any atom is -0.444 e. The summed E-state index contributed by atoms with van der Waals surface area (Å²) in [5.74, 6) is 0.659. The highest BCUT2D eigenvalue weighted by atomic mass is 16.6. The van der Waals surface area contributed by atoms with Gasteiger partial charge >= 0.3 is 6.09 Å². The summed E-state index contributed by atoms with van der Waals surface area (Å²) in [7, 11) is 0. The molecule has 5 nitrogen and oxygen atoms in total. The lowest BCUT2D eigenvalue weighted by Gasteiger charge is -2.38. The Balaban J connectivity index is 2.31. The minimum absolute atomic E-state index is 0.111. The highest BCUT2D eigenvalue weighted by molar-refractivity contribution is 5.77. The fraction of sp³-hybridized carbons (Fsp3) is 0.867. The van der Waals surface area contributed by atoms with Gasteiger partial charge in [-0.25, -0.2) is 4.79 Å². The Morgan fingerprint density at radius 3 is 2.55 bits per heavy atom. The standard InChI is InChI=1S/C15H28N2O3/c1-11-7-6-10-17(12(11)2)13(18)8-9-16-14(19)20-15(3,4)5/h11-12H,6-10H2,1-5H3,(H,16,19). The number of likely N-dealkylation sites (tertiary alicyclic amines) is 1. The van der Waals surface area contributed by atoms with Gasteiger partial charge in [-0.2, -0.15) is 0 Å². The van der Waals surface area contributed by atoms with E-state index in [4.69, 9.17) is 4.74 Å². The lowest BCUT2D eigenvalue weighted by molar-refractivity contribution is -0.135. The first-order valence-electron chi connectivity index (χ1n) is 7.47. The Morgan fingerprint density at radius 2 is 1.95 bits per heavy atom. The van der Waals surface area contributed by atoms with Gasteiger partial charge in [-0.05, 0) is 46.5 Å². The maximum Gasteiger partial charge on any atom is 0.407 e. The summed E-state index contributed by atoms with van der Waals surface area (Å²) in [6.07, 6.45) is 2.11. The number of amides is 2. The van der Waals surface area contributed by atoms with Crippen molar-refractivity contribution >= 4 is 12.0 Å². The number of carbonyl (C=O) groups is 2. The first-order chi connectivity index (χ1) is 9.20. The molecule has 0 aromatic carbocycles. The summed E-state index contributed by atoms with van der Waals surface area (Å²) in [4.78, 5) is 25.6. The van der Waals surface area contributed by atoms with E-state index < -0.39 is 11.7 Å². The monoisotopic (exact) mass is 284 g/mol. The van der Waals surface area contributed by atoms with Crippen molar-refractivity contribution in [2.75, 3.05) is 13.1 Å². The number of carbonyl (C=O) groups excluding carboxylic acids is 2. The zero-order valence-corrected chi connectivity index (χ0v) is 13.4. The molecule has 116 valence electrons. The summed E-state index contributed by atoms with van der Waals surface area (Å²) in [6.45, 7) is 10.9. The van der Waals surface area contributed by atoms with Gasteiger partial charge in [0, 0.05) is 25.6 Å². The Bertz CT molecular complexity index is 350. The van der Waals surface area contributed by atoms with Gasteiger partial charge < -0.3 is 15.0 Å². The van der Waals surface area contributed by atoms with Gasteiger partial charge in [0.2, 0.25) is 5.91 Å². The number of alkyl carbamates (subject to hydrolysis) is 1. The van der Waals surface area contributed by atoms with Gasteiger partial charge in [0.05, 0.1) is 0 Å². The molecule has 1 saturated heterocycles. The molecule has 20 heavy (non-hydrogen) atoms. The fourth-order valence-electron chi connectivity index (χ4n) is 2.42. The van der Waals surface area contributed by atoms with E-state index in [0.717, 1.165) is 13.0 Å². The van der Waals surface area contributed by atoms with Crippen molar-refractivity contribution in [1.29, 1.82) is 0 Å². The van der Waals surface area contributed by atoms with Gasteiger partial charge in [0.15, 0.2) is 0 Å². The van der Waals surface area contributed by atoms with E-state index in [-0.39, 0.29) is 11.9 Å². The number of nitrogens with zero attached hydrogens (tertiary/aromatic N) is 1. The predicted octanol–water partition coefficient (Wildman–Crippen LogP) is 2.55. The van der Waals surface area contributed by atoms with Crippen LogP contribution in [0.1, 0.15) is 53.9 Å². The average Bonchev–Trinajstić information content (AvgIpc) is 2.30. The normalized spacial score (nSPS) is 23.4. The van der Waals surface area contributed by atoms with Crippen molar-refractivity contribution in [1.82, 2.24) is 10.2 Å². The molecule has 5 heteroatoms. The van der Waals surface area contributed by atoms with Crippen LogP contribution < -0.4 is 5.32 Å². The van der Waals surface area contributed by atoms with E-state index in [9.17, 15) is 9.59 Å². The molecular weight excluding hydrogens is 256 g/mol. The van der Waals surface area contributed by atoms with E-state index in [1.54, 1.807) is 0 Å². The third-order valence-corrected chi connectivity index (χ3v) is 3.70. The molecule has 0 aromatic heterocycles. The lowest BCUT2D eigenvalue weighted by atomic mass is 9.92. The van der Waals surface area contributed by atoms with Gasteiger partial charge in [-0.3, -0.25) is 4.79 Å². The molecule has 1 heterocycles. The molecule has 0 saturated carbocycles. The smallest absolute Gasteiger partial charge is 0.407 e. The first-order valence-corrected chi connectivity index (χ1v) is 7.47. The molecule has 1 aliphatic heterocycles. The number of nitrogens with one attached hydrogen (secondary N) is 1. The molecule has 1 rings (SSSR count). The summed E-state index contributed by atoms with van der Waals surface area (Å²) in [5.41, 5.74) is -0.509. The fourth-order valence-corrected chi connectivity index (χ4v) is 2.42. The molecule has 1 N–H and O–H groups in total. The quantitative estimate of drug-likeness (QED) is 0.866. The van der Waals surface area contributed by atoms with Gasteiger partial charge in [0.25, 0.3) is 0 Å². The number of piperidine rings is 1. The van der Waals surface area contributed by atoms with Crippen LogP contribution in [-0.2, 0) is 9.53 Å². The highest BCUT2D eigenvalue weighted by Gasteiger charge is 2.28. The van der Waals surface area contributed by atoms with Crippen molar-refractivity contribution in [3.8, 4) is 0 Å². The van der Waals surface area contributed by atoms with Crippen LogP contribution in [0.15, 0.2) is 0 Å². The summed E-state index contributed by atoms with van der Waals surface area (Å²) in [6, 6.07) is 0.290. The molecule has 2 unspecified atom stereocenters. The highest BCUT2D eigenvalue weighted by Crippen LogP contribution is 2.23. The first kappa shape index (κ1) is 16.8. The molecular formula is C15H28N2O3. The van der Waals surface area contributed by atoms with Gasteiger partial charge in [0.1, 0.15) is 5.60 Å². The van der Waals surface area contributed by atoms with E-state index in [1.807, 2.05) is 25.7 Å². The van der Waals surface area contributed by atoms with E-state index >= 15 is 0 Å². The van der Waals surface area contributed by atoms with E-state index in [0.29, 0.717) is 18.9 Å². The van der Waals surface area contributed by atoms with Crippen LogP contribution in [0.5, 0.6) is 0 Å². The molecule has 1 aliphatic rings. The summed E-state index contributed by atoms with van der Waals surface area (Å²) < 4.78 is 5.13. The summed E-state index contributed by atoms with van der Waals surface area (Å²) in [5, 5.41) is 2.63. The van der Waals surface area contributed by atoms with Crippen molar-refractivity contribution in [2.24, 2.45) is 5.92 Å². The lowest BCUT2D eigenvalue weighted by Crippen LogP contribution is -2.47. The van der Waals surface area contributed by atoms with E-state index in [1.165, 1.54) is 6.42 Å². The average molecular weight is 284 g/mol. The molecule has 2 amide bonds.